The number of carbonyl (C=O) groups is 2. The molecule has 0 aliphatic carbocycles. The zero-order valence-electron chi connectivity index (χ0n) is 19.2. The Morgan fingerprint density at radius 2 is 1.00 bits per heavy atom. The first-order chi connectivity index (χ1) is 14.0. The molecular weight excluding hydrogens is 398 g/mol. The van der Waals surface area contributed by atoms with Gasteiger partial charge in [-0.05, 0) is 41.5 Å². The fraction of sp³-hybridized carbons (Fsp3) is 0.900. The predicted molar refractivity (Wildman–Crippen MR) is 109 cm³/mol. The van der Waals surface area contributed by atoms with E-state index in [1.54, 1.807) is 20.8 Å². The summed E-state index contributed by atoms with van der Waals surface area (Å²) in [7, 11) is 0. The minimum atomic E-state index is -0.640. The molecule has 0 aliphatic heterocycles. The largest absolute Gasteiger partial charge is 0.460 e. The standard InChI is InChI=1S/C20H39NO9/c1-19(2,3)29-17(22)7-8-24-9-10-25-11-12-26-13-14-27-15-16-28-21-18(23)30-20(4,5)6/h7-16H2,1-6H3,(H,21,23). The molecule has 0 saturated carbocycles. The zero-order valence-corrected chi connectivity index (χ0v) is 19.2. The SMILES string of the molecule is CC(C)(C)OC(=O)CCOCCOCCOCCOCCONC(=O)OC(C)(C)C. The summed E-state index contributed by atoms with van der Waals surface area (Å²) < 4.78 is 31.5. The van der Waals surface area contributed by atoms with Crippen molar-refractivity contribution in [1.82, 2.24) is 5.48 Å². The summed E-state index contributed by atoms with van der Waals surface area (Å²) in [6, 6.07) is 0. The Morgan fingerprint density at radius 1 is 0.600 bits per heavy atom. The van der Waals surface area contributed by atoms with Crippen LogP contribution in [0, 0.1) is 0 Å². The van der Waals surface area contributed by atoms with E-state index in [9.17, 15) is 9.59 Å². The monoisotopic (exact) mass is 437 g/mol. The maximum Gasteiger partial charge on any atom is 0.431 e. The molecular formula is C20H39NO9. The van der Waals surface area contributed by atoms with E-state index in [1.807, 2.05) is 20.8 Å². The van der Waals surface area contributed by atoms with Gasteiger partial charge in [-0.2, -0.15) is 5.48 Å². The third kappa shape index (κ3) is 22.8. The van der Waals surface area contributed by atoms with Crippen LogP contribution in [0.25, 0.3) is 0 Å². The Bertz CT molecular complexity index is 416. The summed E-state index contributed by atoms with van der Waals surface area (Å²) in [4.78, 5) is 27.7. The molecule has 0 aromatic carbocycles. The first kappa shape index (κ1) is 28.5. The summed E-state index contributed by atoms with van der Waals surface area (Å²) in [6.45, 7) is 14.2. The van der Waals surface area contributed by atoms with Gasteiger partial charge in [-0.25, -0.2) is 4.79 Å². The lowest BCUT2D eigenvalue weighted by Crippen LogP contribution is -2.33. The first-order valence-corrected chi connectivity index (χ1v) is 10.1. The third-order valence-electron chi connectivity index (χ3n) is 2.87. The smallest absolute Gasteiger partial charge is 0.431 e. The van der Waals surface area contributed by atoms with E-state index in [2.05, 4.69) is 5.48 Å². The van der Waals surface area contributed by atoms with Gasteiger partial charge in [0.15, 0.2) is 0 Å². The molecule has 0 rings (SSSR count). The molecule has 0 spiro atoms. The Kier molecular flexibility index (Phi) is 15.5. The first-order valence-electron chi connectivity index (χ1n) is 10.1. The quantitative estimate of drug-likeness (QED) is 0.221. The number of carbonyl (C=O) groups excluding carboxylic acids is 2. The fourth-order valence-electron chi connectivity index (χ4n) is 1.82. The molecule has 1 N–H and O–H groups in total. The van der Waals surface area contributed by atoms with Crippen LogP contribution in [0.4, 0.5) is 4.79 Å². The van der Waals surface area contributed by atoms with Crippen molar-refractivity contribution in [2.75, 3.05) is 59.5 Å². The van der Waals surface area contributed by atoms with Crippen LogP contribution < -0.4 is 5.48 Å². The normalized spacial score (nSPS) is 11.9. The van der Waals surface area contributed by atoms with Crippen LogP contribution in [-0.2, 0) is 38.1 Å². The highest BCUT2D eigenvalue weighted by atomic mass is 16.7. The van der Waals surface area contributed by atoms with Gasteiger partial charge in [0.2, 0.25) is 0 Å². The number of hydrogen-bond donors (Lipinski definition) is 1. The van der Waals surface area contributed by atoms with Crippen molar-refractivity contribution in [1.29, 1.82) is 0 Å². The van der Waals surface area contributed by atoms with Crippen LogP contribution in [0.15, 0.2) is 0 Å². The van der Waals surface area contributed by atoms with Crippen molar-refractivity contribution >= 4 is 12.1 Å². The number of ether oxygens (including phenoxy) is 6. The van der Waals surface area contributed by atoms with E-state index in [0.717, 1.165) is 0 Å². The van der Waals surface area contributed by atoms with Crippen LogP contribution in [0.3, 0.4) is 0 Å². The van der Waals surface area contributed by atoms with Crippen LogP contribution in [0.1, 0.15) is 48.0 Å². The Balaban J connectivity index is 3.25. The van der Waals surface area contributed by atoms with Gasteiger partial charge in [-0.1, -0.05) is 0 Å². The lowest BCUT2D eigenvalue weighted by atomic mass is 10.2. The molecule has 30 heavy (non-hydrogen) atoms. The predicted octanol–water partition coefficient (Wildman–Crippen LogP) is 2.24. The summed E-state index contributed by atoms with van der Waals surface area (Å²) in [6.07, 6.45) is -0.415. The molecule has 10 nitrogen and oxygen atoms in total. The molecule has 0 aromatic rings. The average Bonchev–Trinajstić information content (AvgIpc) is 2.58. The summed E-state index contributed by atoms with van der Waals surface area (Å²) in [5, 5.41) is 0. The minimum absolute atomic E-state index is 0.205. The Labute approximate surface area is 179 Å². The molecule has 0 fully saturated rings. The molecule has 10 heteroatoms. The molecule has 0 atom stereocenters. The van der Waals surface area contributed by atoms with E-state index >= 15 is 0 Å². The van der Waals surface area contributed by atoms with Gasteiger partial charge in [0.25, 0.3) is 0 Å². The van der Waals surface area contributed by atoms with Gasteiger partial charge in [-0.15, -0.1) is 0 Å². The maximum atomic E-state index is 11.5. The summed E-state index contributed by atoms with van der Waals surface area (Å²) in [5.74, 6) is -0.273. The van der Waals surface area contributed by atoms with Gasteiger partial charge in [-0.3, -0.25) is 9.63 Å². The number of hydrogen-bond acceptors (Lipinski definition) is 9. The third-order valence-corrected chi connectivity index (χ3v) is 2.87. The van der Waals surface area contributed by atoms with Gasteiger partial charge in [0, 0.05) is 0 Å². The highest BCUT2D eigenvalue weighted by Crippen LogP contribution is 2.08. The second kappa shape index (κ2) is 16.3. The van der Waals surface area contributed by atoms with Gasteiger partial charge >= 0.3 is 12.1 Å². The van der Waals surface area contributed by atoms with E-state index < -0.39 is 17.3 Å². The number of hydroxylamine groups is 1. The summed E-state index contributed by atoms with van der Waals surface area (Å²) in [5.41, 5.74) is 1.13. The van der Waals surface area contributed by atoms with Crippen molar-refractivity contribution in [2.45, 2.75) is 59.2 Å². The van der Waals surface area contributed by atoms with Crippen LogP contribution in [0.2, 0.25) is 0 Å². The van der Waals surface area contributed by atoms with Crippen LogP contribution in [-0.4, -0.2) is 82.7 Å². The highest BCUT2D eigenvalue weighted by Gasteiger charge is 2.16. The van der Waals surface area contributed by atoms with E-state index in [4.69, 9.17) is 33.3 Å². The Morgan fingerprint density at radius 3 is 1.43 bits per heavy atom. The molecule has 178 valence electrons. The molecule has 0 aromatic heterocycles. The zero-order chi connectivity index (χ0) is 22.9. The molecule has 0 saturated heterocycles. The van der Waals surface area contributed by atoms with E-state index in [1.165, 1.54) is 0 Å². The topological polar surface area (TPSA) is 111 Å². The molecule has 0 unspecified atom stereocenters. The molecule has 0 heterocycles. The van der Waals surface area contributed by atoms with E-state index in [-0.39, 0.29) is 19.0 Å². The van der Waals surface area contributed by atoms with Crippen molar-refractivity contribution in [2.24, 2.45) is 0 Å². The fourth-order valence-corrected chi connectivity index (χ4v) is 1.82. The van der Waals surface area contributed by atoms with Crippen molar-refractivity contribution in [3.63, 3.8) is 0 Å². The number of nitrogens with one attached hydrogen (secondary N) is 1. The van der Waals surface area contributed by atoms with Crippen molar-refractivity contribution in [3.8, 4) is 0 Å². The molecule has 0 bridgehead atoms. The van der Waals surface area contributed by atoms with Crippen LogP contribution in [0.5, 0.6) is 0 Å². The highest BCUT2D eigenvalue weighted by molar-refractivity contribution is 5.69. The Hall–Kier alpha value is -1.46. The second-order valence-corrected chi connectivity index (χ2v) is 8.24. The van der Waals surface area contributed by atoms with Gasteiger partial charge in [0.1, 0.15) is 11.2 Å². The maximum absolute atomic E-state index is 11.5. The number of rotatable bonds is 16. The average molecular weight is 438 g/mol. The molecule has 0 radical (unpaired) electrons. The van der Waals surface area contributed by atoms with Crippen molar-refractivity contribution in [3.05, 3.63) is 0 Å². The van der Waals surface area contributed by atoms with Crippen LogP contribution >= 0.6 is 0 Å². The van der Waals surface area contributed by atoms with Crippen molar-refractivity contribution < 1.29 is 42.8 Å². The number of esters is 1. The molecule has 0 aliphatic rings. The lowest BCUT2D eigenvalue weighted by molar-refractivity contribution is -0.156. The minimum Gasteiger partial charge on any atom is -0.460 e. The van der Waals surface area contributed by atoms with E-state index in [0.29, 0.717) is 52.9 Å². The second-order valence-electron chi connectivity index (χ2n) is 8.24. The van der Waals surface area contributed by atoms with Gasteiger partial charge < -0.3 is 28.4 Å². The molecule has 1 amide bonds. The number of amides is 1. The lowest BCUT2D eigenvalue weighted by Gasteiger charge is -2.19. The summed E-state index contributed by atoms with van der Waals surface area (Å²) >= 11 is 0. The van der Waals surface area contributed by atoms with Gasteiger partial charge in [0.05, 0.1) is 65.9 Å².